The number of H-pyrrole nitrogens is 1. The highest BCUT2D eigenvalue weighted by molar-refractivity contribution is 5.96. The van der Waals surface area contributed by atoms with E-state index in [1.165, 1.54) is 11.1 Å². The van der Waals surface area contributed by atoms with Crippen molar-refractivity contribution in [3.63, 3.8) is 0 Å². The number of aliphatic imine (C=N–C) groups is 1. The van der Waals surface area contributed by atoms with Gasteiger partial charge >= 0.3 is 0 Å². The molecule has 0 saturated carbocycles. The van der Waals surface area contributed by atoms with E-state index in [0.717, 1.165) is 69.8 Å². The average molecular weight is 408 g/mol. The van der Waals surface area contributed by atoms with Gasteiger partial charge in [0.25, 0.3) is 0 Å². The van der Waals surface area contributed by atoms with E-state index in [0.29, 0.717) is 0 Å². The molecule has 5 rings (SSSR count). The quantitative estimate of drug-likeness (QED) is 0.799. The standard InChI is InChI=1S/C23H33N7/c1-23(30-15-11-28(3)12-16-30)19-17-20(18-7-5-4-6-8-18)24-21(19)25-22(26-23)29-13-9-27(2)10-14-29/h4-8,17,24H,9-16H2,1-3H3,(H,25,26). The minimum atomic E-state index is -0.371. The predicted molar refractivity (Wildman–Crippen MR) is 123 cm³/mol. The molecule has 1 atom stereocenters. The van der Waals surface area contributed by atoms with Crippen LogP contribution in [0.5, 0.6) is 0 Å². The zero-order chi connectivity index (χ0) is 20.7. The Morgan fingerprint density at radius 3 is 2.17 bits per heavy atom. The fourth-order valence-electron chi connectivity index (χ4n) is 4.76. The van der Waals surface area contributed by atoms with Crippen molar-refractivity contribution >= 4 is 11.8 Å². The molecule has 160 valence electrons. The largest absolute Gasteiger partial charge is 0.341 e. The van der Waals surface area contributed by atoms with Gasteiger partial charge in [0.1, 0.15) is 11.5 Å². The first-order valence-corrected chi connectivity index (χ1v) is 11.1. The normalized spacial score (nSPS) is 26.2. The van der Waals surface area contributed by atoms with E-state index in [2.05, 4.69) is 87.3 Å². The second kappa shape index (κ2) is 7.72. The minimum Gasteiger partial charge on any atom is -0.341 e. The number of piperazine rings is 2. The Morgan fingerprint density at radius 1 is 0.867 bits per heavy atom. The maximum atomic E-state index is 5.36. The van der Waals surface area contributed by atoms with Crippen LogP contribution in [0.2, 0.25) is 0 Å². The van der Waals surface area contributed by atoms with E-state index in [9.17, 15) is 0 Å². The molecule has 3 aliphatic rings. The summed E-state index contributed by atoms with van der Waals surface area (Å²) in [4.78, 5) is 18.8. The van der Waals surface area contributed by atoms with Crippen LogP contribution in [0, 0.1) is 0 Å². The van der Waals surface area contributed by atoms with E-state index in [4.69, 9.17) is 4.99 Å². The number of fused-ring (bicyclic) bond motifs is 1. The van der Waals surface area contributed by atoms with Gasteiger partial charge in [0, 0.05) is 63.6 Å². The van der Waals surface area contributed by atoms with Crippen LogP contribution in [-0.2, 0) is 5.66 Å². The molecule has 7 nitrogen and oxygen atoms in total. The molecule has 0 aliphatic carbocycles. The van der Waals surface area contributed by atoms with E-state index >= 15 is 0 Å². The number of nitrogens with one attached hydrogen (secondary N) is 2. The molecule has 3 aliphatic heterocycles. The van der Waals surface area contributed by atoms with Crippen molar-refractivity contribution in [2.75, 3.05) is 71.8 Å². The molecule has 1 aromatic heterocycles. The van der Waals surface area contributed by atoms with Gasteiger partial charge in [-0.2, -0.15) is 0 Å². The van der Waals surface area contributed by atoms with Gasteiger partial charge in [0.05, 0.1) is 0 Å². The highest BCUT2D eigenvalue weighted by Gasteiger charge is 2.42. The van der Waals surface area contributed by atoms with Crippen molar-refractivity contribution in [3.05, 3.63) is 42.0 Å². The Bertz CT molecular complexity index is 905. The minimum absolute atomic E-state index is 0.371. The lowest BCUT2D eigenvalue weighted by atomic mass is 9.98. The molecule has 2 N–H and O–H groups in total. The van der Waals surface area contributed by atoms with Crippen molar-refractivity contribution < 1.29 is 0 Å². The van der Waals surface area contributed by atoms with Gasteiger partial charge in [0.2, 0.25) is 5.96 Å². The lowest BCUT2D eigenvalue weighted by Gasteiger charge is -2.46. The zero-order valence-electron chi connectivity index (χ0n) is 18.4. The summed E-state index contributed by atoms with van der Waals surface area (Å²) in [5.41, 5.74) is 3.21. The van der Waals surface area contributed by atoms with Crippen molar-refractivity contribution in [1.82, 2.24) is 24.6 Å². The number of guanidine groups is 1. The third-order valence-corrected chi connectivity index (χ3v) is 6.89. The summed E-state index contributed by atoms with van der Waals surface area (Å²) in [5.74, 6) is 2.08. The molecule has 2 fully saturated rings. The van der Waals surface area contributed by atoms with Crippen molar-refractivity contribution in [2.24, 2.45) is 4.99 Å². The number of likely N-dealkylation sites (N-methyl/N-ethyl adjacent to an activating group) is 2. The van der Waals surface area contributed by atoms with Crippen molar-refractivity contribution in [1.29, 1.82) is 0 Å². The summed E-state index contributed by atoms with van der Waals surface area (Å²) in [6, 6.07) is 12.9. The van der Waals surface area contributed by atoms with E-state index < -0.39 is 0 Å². The Labute approximate surface area is 179 Å². The van der Waals surface area contributed by atoms with Gasteiger partial charge in [0.15, 0.2) is 0 Å². The Balaban J connectivity index is 1.53. The fourth-order valence-corrected chi connectivity index (χ4v) is 4.76. The summed E-state index contributed by atoms with van der Waals surface area (Å²) >= 11 is 0. The number of aromatic amines is 1. The summed E-state index contributed by atoms with van der Waals surface area (Å²) in [6.07, 6.45) is 0. The fraction of sp³-hybridized carbons (Fsp3) is 0.522. The molecule has 0 amide bonds. The topological polar surface area (TPSA) is 53.1 Å². The third-order valence-electron chi connectivity index (χ3n) is 6.89. The SMILES string of the molecule is CN1CCN(C2=NC(C)(N3CCN(C)CC3)c3cc(-c4ccccc4)[nH]c3N2)CC1. The van der Waals surface area contributed by atoms with E-state index in [-0.39, 0.29) is 5.66 Å². The van der Waals surface area contributed by atoms with Crippen LogP contribution < -0.4 is 5.32 Å². The van der Waals surface area contributed by atoms with Crippen LogP contribution in [-0.4, -0.2) is 97.0 Å². The Morgan fingerprint density at radius 2 is 1.50 bits per heavy atom. The van der Waals surface area contributed by atoms with Gasteiger partial charge in [-0.3, -0.25) is 4.90 Å². The lowest BCUT2D eigenvalue weighted by Crippen LogP contribution is -2.56. The van der Waals surface area contributed by atoms with Crippen molar-refractivity contribution in [2.45, 2.75) is 12.6 Å². The monoisotopic (exact) mass is 407 g/mol. The lowest BCUT2D eigenvalue weighted by molar-refractivity contribution is 0.0527. The molecule has 4 heterocycles. The molecule has 1 unspecified atom stereocenters. The first kappa shape index (κ1) is 19.6. The summed E-state index contributed by atoms with van der Waals surface area (Å²) < 4.78 is 0. The summed E-state index contributed by atoms with van der Waals surface area (Å²) in [7, 11) is 4.40. The second-order valence-corrected chi connectivity index (χ2v) is 9.00. The molecule has 0 radical (unpaired) electrons. The van der Waals surface area contributed by atoms with Crippen LogP contribution in [0.25, 0.3) is 11.3 Å². The smallest absolute Gasteiger partial charge is 0.201 e. The first-order chi connectivity index (χ1) is 14.5. The maximum absolute atomic E-state index is 5.36. The van der Waals surface area contributed by atoms with Crippen molar-refractivity contribution in [3.8, 4) is 11.3 Å². The second-order valence-electron chi connectivity index (χ2n) is 9.00. The molecule has 2 aromatic rings. The number of rotatable bonds is 2. The molecular weight excluding hydrogens is 374 g/mol. The molecule has 0 spiro atoms. The van der Waals surface area contributed by atoms with Gasteiger partial charge in [-0.25, -0.2) is 4.99 Å². The number of hydrogen-bond acceptors (Lipinski definition) is 6. The first-order valence-electron chi connectivity index (χ1n) is 11.1. The number of aromatic nitrogens is 1. The number of benzene rings is 1. The number of anilines is 1. The molecule has 2 saturated heterocycles. The van der Waals surface area contributed by atoms with Crippen LogP contribution in [0.4, 0.5) is 5.82 Å². The number of nitrogens with zero attached hydrogens (tertiary/aromatic N) is 5. The molecular formula is C23H33N7. The Kier molecular flexibility index (Phi) is 5.05. The molecule has 7 heteroatoms. The predicted octanol–water partition coefficient (Wildman–Crippen LogP) is 2.13. The highest BCUT2D eigenvalue weighted by Crippen LogP contribution is 2.41. The summed E-state index contributed by atoms with van der Waals surface area (Å²) in [6.45, 7) is 10.6. The molecule has 30 heavy (non-hydrogen) atoms. The summed E-state index contributed by atoms with van der Waals surface area (Å²) in [5, 5.41) is 3.64. The van der Waals surface area contributed by atoms with Gasteiger partial charge in [-0.1, -0.05) is 30.3 Å². The molecule has 1 aromatic carbocycles. The maximum Gasteiger partial charge on any atom is 0.201 e. The van der Waals surface area contributed by atoms with Crippen LogP contribution in [0.3, 0.4) is 0 Å². The zero-order valence-corrected chi connectivity index (χ0v) is 18.4. The van der Waals surface area contributed by atoms with E-state index in [1.54, 1.807) is 0 Å². The molecule has 0 bridgehead atoms. The Hall–Kier alpha value is -2.35. The van der Waals surface area contributed by atoms with Crippen LogP contribution in [0.1, 0.15) is 12.5 Å². The van der Waals surface area contributed by atoms with Crippen LogP contribution >= 0.6 is 0 Å². The number of hydrogen-bond donors (Lipinski definition) is 2. The van der Waals surface area contributed by atoms with Gasteiger partial charge in [-0.05, 0) is 32.6 Å². The average Bonchev–Trinajstić information content (AvgIpc) is 3.21. The van der Waals surface area contributed by atoms with Gasteiger partial charge < -0.3 is 25.0 Å². The van der Waals surface area contributed by atoms with Crippen LogP contribution in [0.15, 0.2) is 41.4 Å². The van der Waals surface area contributed by atoms with E-state index in [1.807, 2.05) is 0 Å². The highest BCUT2D eigenvalue weighted by atomic mass is 15.4. The van der Waals surface area contributed by atoms with Gasteiger partial charge in [-0.15, -0.1) is 0 Å². The third kappa shape index (κ3) is 3.51.